The van der Waals surface area contributed by atoms with Crippen molar-refractivity contribution in [2.75, 3.05) is 20.2 Å². The van der Waals surface area contributed by atoms with Crippen LogP contribution in [-0.2, 0) is 16.1 Å². The molecule has 1 fully saturated rings. The maximum atomic E-state index is 12.4. The van der Waals surface area contributed by atoms with Crippen LogP contribution in [0.25, 0.3) is 0 Å². The van der Waals surface area contributed by atoms with E-state index in [1.165, 1.54) is 7.11 Å². The maximum absolute atomic E-state index is 12.4. The molecule has 2 aliphatic rings. The fourth-order valence-corrected chi connectivity index (χ4v) is 3.57. The quantitative estimate of drug-likeness (QED) is 0.807. The summed E-state index contributed by atoms with van der Waals surface area (Å²) in [6.45, 7) is 3.39. The second-order valence-corrected chi connectivity index (χ2v) is 6.30. The Balaban J connectivity index is 1.74. The van der Waals surface area contributed by atoms with E-state index in [0.717, 1.165) is 12.1 Å². The van der Waals surface area contributed by atoms with Gasteiger partial charge in [-0.25, -0.2) is 9.59 Å². The standard InChI is InChI=1S/C16H21N3O4/c1-10(15(21)23-2)17-16(22)18-7-11-6-12(9-18)13-4-3-5-14(20)19(13)8-11/h3-5,10-12H,6-9H2,1-2H3,(H,17,22)/t10-,11+,12-/m1/s1. The minimum absolute atomic E-state index is 0.0226. The van der Waals surface area contributed by atoms with Gasteiger partial charge in [0.05, 0.1) is 7.11 Å². The molecule has 0 aromatic carbocycles. The first kappa shape index (κ1) is 15.6. The number of carbonyl (C=O) groups is 2. The highest BCUT2D eigenvalue weighted by Crippen LogP contribution is 2.34. The van der Waals surface area contributed by atoms with Gasteiger partial charge in [-0.1, -0.05) is 6.07 Å². The van der Waals surface area contributed by atoms with Crippen molar-refractivity contribution in [3.05, 3.63) is 34.2 Å². The number of fused-ring (bicyclic) bond motifs is 4. The smallest absolute Gasteiger partial charge is 0.328 e. The Morgan fingerprint density at radius 1 is 1.30 bits per heavy atom. The van der Waals surface area contributed by atoms with E-state index in [0.29, 0.717) is 19.6 Å². The summed E-state index contributed by atoms with van der Waals surface area (Å²) < 4.78 is 6.45. The van der Waals surface area contributed by atoms with Crippen LogP contribution in [0.3, 0.4) is 0 Å². The highest BCUT2D eigenvalue weighted by molar-refractivity contribution is 5.83. The van der Waals surface area contributed by atoms with Gasteiger partial charge in [-0.2, -0.15) is 0 Å². The second-order valence-electron chi connectivity index (χ2n) is 6.30. The van der Waals surface area contributed by atoms with Crippen molar-refractivity contribution >= 4 is 12.0 Å². The topological polar surface area (TPSA) is 80.6 Å². The zero-order chi connectivity index (χ0) is 16.6. The number of pyridine rings is 1. The first-order chi connectivity index (χ1) is 11.0. The van der Waals surface area contributed by atoms with Gasteiger partial charge in [0.15, 0.2) is 0 Å². The number of nitrogens with zero attached hydrogens (tertiary/aromatic N) is 2. The summed E-state index contributed by atoms with van der Waals surface area (Å²) in [5.41, 5.74) is 1.02. The molecule has 7 nitrogen and oxygen atoms in total. The van der Waals surface area contributed by atoms with Crippen LogP contribution in [0.2, 0.25) is 0 Å². The van der Waals surface area contributed by atoms with Gasteiger partial charge in [-0.15, -0.1) is 0 Å². The number of nitrogens with one attached hydrogen (secondary N) is 1. The average Bonchev–Trinajstić information content (AvgIpc) is 2.54. The zero-order valence-corrected chi connectivity index (χ0v) is 13.3. The Bertz CT molecular complexity index is 684. The van der Waals surface area contributed by atoms with Crippen molar-refractivity contribution in [2.45, 2.75) is 31.8 Å². The molecule has 0 unspecified atom stereocenters. The molecular weight excluding hydrogens is 298 g/mol. The molecule has 1 saturated heterocycles. The largest absolute Gasteiger partial charge is 0.467 e. The van der Waals surface area contributed by atoms with Crippen LogP contribution in [0, 0.1) is 5.92 Å². The Hall–Kier alpha value is -2.31. The van der Waals surface area contributed by atoms with E-state index in [1.807, 2.05) is 10.6 Å². The van der Waals surface area contributed by atoms with Gasteiger partial charge >= 0.3 is 12.0 Å². The lowest BCUT2D eigenvalue weighted by Crippen LogP contribution is -2.54. The number of urea groups is 1. The molecular formula is C16H21N3O4. The maximum Gasteiger partial charge on any atom is 0.328 e. The number of aromatic nitrogens is 1. The van der Waals surface area contributed by atoms with Gasteiger partial charge in [0, 0.05) is 37.3 Å². The van der Waals surface area contributed by atoms with Crippen LogP contribution in [-0.4, -0.2) is 47.7 Å². The predicted molar refractivity (Wildman–Crippen MR) is 83.1 cm³/mol. The first-order valence-corrected chi connectivity index (χ1v) is 7.82. The molecule has 0 saturated carbocycles. The van der Waals surface area contributed by atoms with E-state index in [4.69, 9.17) is 0 Å². The SMILES string of the molecule is COC(=O)[C@@H](C)NC(=O)N1C[C@@H]2C[C@H](C1)c1cccc(=O)n1C2. The van der Waals surface area contributed by atoms with E-state index in [1.54, 1.807) is 24.0 Å². The van der Waals surface area contributed by atoms with Crippen LogP contribution in [0.4, 0.5) is 4.79 Å². The van der Waals surface area contributed by atoms with Crippen molar-refractivity contribution in [3.63, 3.8) is 0 Å². The third-order valence-corrected chi connectivity index (χ3v) is 4.66. The number of rotatable bonds is 2. The number of likely N-dealkylation sites (tertiary alicyclic amines) is 1. The summed E-state index contributed by atoms with van der Waals surface area (Å²) in [6, 6.07) is 4.37. The van der Waals surface area contributed by atoms with E-state index < -0.39 is 12.0 Å². The van der Waals surface area contributed by atoms with Gasteiger partial charge in [-0.3, -0.25) is 4.79 Å². The number of carbonyl (C=O) groups excluding carboxylic acids is 2. The molecule has 1 aromatic rings. The number of methoxy groups -OCH3 is 1. The van der Waals surface area contributed by atoms with E-state index in [9.17, 15) is 14.4 Å². The molecule has 2 aliphatic heterocycles. The first-order valence-electron chi connectivity index (χ1n) is 7.82. The molecule has 2 bridgehead atoms. The summed E-state index contributed by atoms with van der Waals surface area (Å²) >= 11 is 0. The van der Waals surface area contributed by atoms with Crippen LogP contribution < -0.4 is 10.9 Å². The third-order valence-electron chi connectivity index (χ3n) is 4.66. The number of hydrogen-bond donors (Lipinski definition) is 1. The third kappa shape index (κ3) is 2.95. The van der Waals surface area contributed by atoms with Crippen molar-refractivity contribution < 1.29 is 14.3 Å². The molecule has 1 N–H and O–H groups in total. The molecule has 7 heteroatoms. The van der Waals surface area contributed by atoms with Crippen LogP contribution >= 0.6 is 0 Å². The molecule has 2 amide bonds. The Kier molecular flexibility index (Phi) is 4.11. The van der Waals surface area contributed by atoms with Crippen molar-refractivity contribution in [3.8, 4) is 0 Å². The van der Waals surface area contributed by atoms with Crippen LogP contribution in [0.15, 0.2) is 23.0 Å². The van der Waals surface area contributed by atoms with E-state index in [-0.39, 0.29) is 23.4 Å². The van der Waals surface area contributed by atoms with E-state index >= 15 is 0 Å². The second kappa shape index (κ2) is 6.06. The lowest BCUT2D eigenvalue weighted by molar-refractivity contribution is -0.142. The fraction of sp³-hybridized carbons (Fsp3) is 0.562. The fourth-order valence-electron chi connectivity index (χ4n) is 3.57. The molecule has 23 heavy (non-hydrogen) atoms. The van der Waals surface area contributed by atoms with Crippen LogP contribution in [0.5, 0.6) is 0 Å². The number of hydrogen-bond acceptors (Lipinski definition) is 4. The van der Waals surface area contributed by atoms with Crippen LogP contribution in [0.1, 0.15) is 25.0 Å². The molecule has 3 atom stereocenters. The lowest BCUT2D eigenvalue weighted by atomic mass is 9.83. The number of esters is 1. The molecule has 1 aromatic heterocycles. The zero-order valence-electron chi connectivity index (χ0n) is 13.3. The summed E-state index contributed by atoms with van der Waals surface area (Å²) in [5, 5.41) is 2.67. The Morgan fingerprint density at radius 3 is 2.83 bits per heavy atom. The molecule has 3 rings (SSSR count). The summed E-state index contributed by atoms with van der Waals surface area (Å²) in [5.74, 6) is -0.0384. The summed E-state index contributed by atoms with van der Waals surface area (Å²) in [4.78, 5) is 37.5. The van der Waals surface area contributed by atoms with E-state index in [2.05, 4.69) is 10.1 Å². The van der Waals surface area contributed by atoms with Gasteiger partial charge in [-0.05, 0) is 25.3 Å². The molecule has 0 spiro atoms. The van der Waals surface area contributed by atoms with Gasteiger partial charge < -0.3 is 19.5 Å². The summed E-state index contributed by atoms with van der Waals surface area (Å²) in [6.07, 6.45) is 0.986. The Labute approximate surface area is 134 Å². The molecule has 3 heterocycles. The molecule has 0 radical (unpaired) electrons. The highest BCUT2D eigenvalue weighted by atomic mass is 16.5. The lowest BCUT2D eigenvalue weighted by Gasteiger charge is -2.42. The normalized spacial score (nSPS) is 23.7. The molecule has 124 valence electrons. The minimum atomic E-state index is -0.677. The molecule has 0 aliphatic carbocycles. The number of piperidine rings is 1. The summed E-state index contributed by atoms with van der Waals surface area (Å²) in [7, 11) is 1.30. The highest BCUT2D eigenvalue weighted by Gasteiger charge is 2.36. The minimum Gasteiger partial charge on any atom is -0.467 e. The van der Waals surface area contributed by atoms with Crippen molar-refractivity contribution in [2.24, 2.45) is 5.92 Å². The van der Waals surface area contributed by atoms with Gasteiger partial charge in [0.2, 0.25) is 0 Å². The monoisotopic (exact) mass is 319 g/mol. The predicted octanol–water partition coefficient (Wildman–Crippen LogP) is 0.538. The van der Waals surface area contributed by atoms with Gasteiger partial charge in [0.25, 0.3) is 5.56 Å². The average molecular weight is 319 g/mol. The number of ether oxygens (including phenoxy) is 1. The van der Waals surface area contributed by atoms with Crippen molar-refractivity contribution in [1.29, 1.82) is 0 Å². The Morgan fingerprint density at radius 2 is 2.09 bits per heavy atom. The number of amides is 2. The van der Waals surface area contributed by atoms with Crippen molar-refractivity contribution in [1.82, 2.24) is 14.8 Å². The van der Waals surface area contributed by atoms with Gasteiger partial charge in [0.1, 0.15) is 6.04 Å².